The molecule has 4 heteroatoms. The zero-order valence-corrected chi connectivity index (χ0v) is 14.9. The van der Waals surface area contributed by atoms with Crippen LogP contribution in [-0.2, 0) is 0 Å². The van der Waals surface area contributed by atoms with Crippen molar-refractivity contribution in [3.8, 4) is 33.8 Å². The molecule has 0 saturated carbocycles. The van der Waals surface area contributed by atoms with Gasteiger partial charge in [0.15, 0.2) is 5.75 Å². The Morgan fingerprint density at radius 2 is 1.65 bits per heavy atom. The maximum atomic E-state index is 9.21. The van der Waals surface area contributed by atoms with E-state index in [9.17, 15) is 5.26 Å². The van der Waals surface area contributed by atoms with Gasteiger partial charge in [0.2, 0.25) is 0 Å². The summed E-state index contributed by atoms with van der Waals surface area (Å²) in [4.78, 5) is 1.01. The summed E-state index contributed by atoms with van der Waals surface area (Å²) in [6, 6.07) is 25.5. The van der Waals surface area contributed by atoms with Gasteiger partial charge in [-0.05, 0) is 54.1 Å². The molecule has 0 fully saturated rings. The highest BCUT2D eigenvalue weighted by atomic mass is 32.1. The van der Waals surface area contributed by atoms with E-state index in [1.165, 1.54) is 0 Å². The van der Waals surface area contributed by atoms with Crippen LogP contribution in [0.2, 0.25) is 0 Å². The number of benzene rings is 3. The summed E-state index contributed by atoms with van der Waals surface area (Å²) in [5.41, 5.74) is 1.61. The molecule has 1 aromatic heterocycles. The average Bonchev–Trinajstić information content (AvgIpc) is 3.07. The van der Waals surface area contributed by atoms with Gasteiger partial charge >= 0.3 is 0 Å². The van der Waals surface area contributed by atoms with Crippen molar-refractivity contribution in [2.75, 3.05) is 7.11 Å². The van der Waals surface area contributed by atoms with Gasteiger partial charge < -0.3 is 9.47 Å². The molecule has 1 heterocycles. The normalized spacial score (nSPS) is 10.5. The highest BCUT2D eigenvalue weighted by molar-refractivity contribution is 7.22. The van der Waals surface area contributed by atoms with Gasteiger partial charge in [0.05, 0.1) is 23.6 Å². The molecule has 0 spiro atoms. The molecule has 0 radical (unpaired) electrons. The maximum absolute atomic E-state index is 9.21. The van der Waals surface area contributed by atoms with Crippen molar-refractivity contribution in [3.05, 3.63) is 78.4 Å². The second-order valence-electron chi connectivity index (χ2n) is 5.73. The number of nitrogens with zero attached hydrogens (tertiary/aromatic N) is 1. The Morgan fingerprint density at radius 3 is 2.42 bits per heavy atom. The zero-order valence-electron chi connectivity index (χ0n) is 14.1. The largest absolute Gasteiger partial charge is 0.497 e. The number of rotatable bonds is 4. The van der Waals surface area contributed by atoms with Gasteiger partial charge in [-0.15, -0.1) is 11.3 Å². The molecule has 0 N–H and O–H groups in total. The van der Waals surface area contributed by atoms with Gasteiger partial charge in [-0.2, -0.15) is 5.26 Å². The van der Waals surface area contributed by atoms with Crippen molar-refractivity contribution in [3.63, 3.8) is 0 Å². The summed E-state index contributed by atoms with van der Waals surface area (Å²) >= 11 is 1.66. The van der Waals surface area contributed by atoms with Crippen LogP contribution in [0.1, 0.15) is 5.56 Å². The van der Waals surface area contributed by atoms with Gasteiger partial charge in [0.25, 0.3) is 0 Å². The van der Waals surface area contributed by atoms with Crippen molar-refractivity contribution in [1.82, 2.24) is 0 Å². The van der Waals surface area contributed by atoms with Crippen LogP contribution < -0.4 is 9.47 Å². The molecule has 4 rings (SSSR count). The molecule has 3 aromatic carbocycles. The van der Waals surface area contributed by atoms with E-state index in [2.05, 4.69) is 18.2 Å². The third-order valence-corrected chi connectivity index (χ3v) is 5.28. The summed E-state index contributed by atoms with van der Waals surface area (Å²) in [5.74, 6) is 2.34. The van der Waals surface area contributed by atoms with Crippen LogP contribution in [0.5, 0.6) is 17.2 Å². The van der Waals surface area contributed by atoms with Crippen LogP contribution in [0.15, 0.2) is 72.8 Å². The minimum absolute atomic E-state index is 0.635. The Hall–Kier alpha value is -3.29. The fraction of sp³-hybridized carbons (Fsp3) is 0.0455. The molecule has 3 nitrogen and oxygen atoms in total. The highest BCUT2D eigenvalue weighted by Crippen LogP contribution is 2.46. The maximum Gasteiger partial charge on any atom is 0.153 e. The van der Waals surface area contributed by atoms with Crippen molar-refractivity contribution < 1.29 is 9.47 Å². The molecule has 0 aliphatic carbocycles. The van der Waals surface area contributed by atoms with Gasteiger partial charge in [-0.25, -0.2) is 0 Å². The van der Waals surface area contributed by atoms with Gasteiger partial charge in [-0.1, -0.05) is 24.3 Å². The van der Waals surface area contributed by atoms with Crippen LogP contribution in [0.3, 0.4) is 0 Å². The third-order valence-electron chi connectivity index (χ3n) is 4.08. The first-order chi connectivity index (χ1) is 12.8. The van der Waals surface area contributed by atoms with Crippen LogP contribution in [0, 0.1) is 11.3 Å². The lowest BCUT2D eigenvalue weighted by molar-refractivity contribution is 0.413. The minimum Gasteiger partial charge on any atom is -0.497 e. The van der Waals surface area contributed by atoms with Gasteiger partial charge in [0.1, 0.15) is 11.5 Å². The molecular formula is C22H15NO2S. The Morgan fingerprint density at radius 1 is 0.885 bits per heavy atom. The van der Waals surface area contributed by atoms with E-state index < -0.39 is 0 Å². The number of nitriles is 1. The lowest BCUT2D eigenvalue weighted by Crippen LogP contribution is -1.87. The first-order valence-corrected chi connectivity index (χ1v) is 8.94. The average molecular weight is 357 g/mol. The second-order valence-corrected chi connectivity index (χ2v) is 6.78. The van der Waals surface area contributed by atoms with E-state index in [1.807, 2.05) is 54.6 Å². The van der Waals surface area contributed by atoms with E-state index in [0.717, 1.165) is 37.8 Å². The highest BCUT2D eigenvalue weighted by Gasteiger charge is 2.16. The predicted octanol–water partition coefficient (Wildman–Crippen LogP) is 6.24. The Kier molecular flexibility index (Phi) is 4.30. The van der Waals surface area contributed by atoms with Crippen LogP contribution in [-0.4, -0.2) is 7.11 Å². The minimum atomic E-state index is 0.635. The second kappa shape index (κ2) is 6.91. The Labute approximate surface area is 155 Å². The Bertz CT molecular complexity index is 1110. The topological polar surface area (TPSA) is 42.2 Å². The molecule has 0 aliphatic heterocycles. The van der Waals surface area contributed by atoms with Gasteiger partial charge in [-0.3, -0.25) is 0 Å². The summed E-state index contributed by atoms with van der Waals surface area (Å²) in [5, 5.41) is 10.3. The molecular weight excluding hydrogens is 342 g/mol. The molecule has 0 atom stereocenters. The van der Waals surface area contributed by atoms with Crippen molar-refractivity contribution in [2.45, 2.75) is 0 Å². The van der Waals surface area contributed by atoms with Crippen LogP contribution >= 0.6 is 11.3 Å². The summed E-state index contributed by atoms with van der Waals surface area (Å²) in [7, 11) is 1.64. The number of hydrogen-bond donors (Lipinski definition) is 0. The molecule has 0 aliphatic rings. The van der Waals surface area contributed by atoms with E-state index in [-0.39, 0.29) is 0 Å². The molecule has 0 bridgehead atoms. The fourth-order valence-corrected chi connectivity index (χ4v) is 3.93. The lowest BCUT2D eigenvalue weighted by atomic mass is 10.1. The molecule has 26 heavy (non-hydrogen) atoms. The third kappa shape index (κ3) is 3.01. The van der Waals surface area contributed by atoms with E-state index >= 15 is 0 Å². The number of methoxy groups -OCH3 is 1. The quantitative estimate of drug-likeness (QED) is 0.434. The van der Waals surface area contributed by atoms with Crippen LogP contribution in [0.25, 0.3) is 20.5 Å². The van der Waals surface area contributed by atoms with Crippen molar-refractivity contribution in [1.29, 1.82) is 5.26 Å². The molecule has 0 amide bonds. The van der Waals surface area contributed by atoms with E-state index in [0.29, 0.717) is 5.56 Å². The number of hydrogen-bond acceptors (Lipinski definition) is 4. The predicted molar refractivity (Wildman–Crippen MR) is 105 cm³/mol. The Balaban J connectivity index is 1.84. The summed E-state index contributed by atoms with van der Waals surface area (Å²) < 4.78 is 12.6. The zero-order chi connectivity index (χ0) is 17.9. The standard InChI is InChI=1S/C22H15NO2S/c1-24-17-9-11-18(12-10-17)25-21-19-7-2-3-8-20(19)26-22(21)16-6-4-5-15(13-16)14-23/h2-13H,1H3. The fourth-order valence-electron chi connectivity index (χ4n) is 2.80. The summed E-state index contributed by atoms with van der Waals surface area (Å²) in [6.07, 6.45) is 0. The SMILES string of the molecule is COc1ccc(Oc2c(-c3cccc(C#N)c3)sc3ccccc23)cc1. The lowest BCUT2D eigenvalue weighted by Gasteiger charge is -2.09. The first-order valence-electron chi connectivity index (χ1n) is 8.12. The number of fused-ring (bicyclic) bond motifs is 1. The smallest absolute Gasteiger partial charge is 0.153 e. The van der Waals surface area contributed by atoms with Crippen molar-refractivity contribution in [2.24, 2.45) is 0 Å². The molecule has 0 unspecified atom stereocenters. The summed E-state index contributed by atoms with van der Waals surface area (Å²) in [6.45, 7) is 0. The van der Waals surface area contributed by atoms with Crippen molar-refractivity contribution >= 4 is 21.4 Å². The van der Waals surface area contributed by atoms with E-state index in [4.69, 9.17) is 9.47 Å². The van der Waals surface area contributed by atoms with E-state index in [1.54, 1.807) is 24.5 Å². The molecule has 4 aromatic rings. The number of ether oxygens (including phenoxy) is 2. The number of thiophene rings is 1. The molecule has 0 saturated heterocycles. The van der Waals surface area contributed by atoms with Crippen LogP contribution in [0.4, 0.5) is 0 Å². The monoisotopic (exact) mass is 357 g/mol. The van der Waals surface area contributed by atoms with Gasteiger partial charge in [0, 0.05) is 10.1 Å². The molecule has 126 valence electrons. The first kappa shape index (κ1) is 16.2.